The van der Waals surface area contributed by atoms with E-state index in [1.807, 2.05) is 6.92 Å². The number of rotatable bonds is 8. The molecule has 0 atom stereocenters. The van der Waals surface area contributed by atoms with Gasteiger partial charge in [0.25, 0.3) is 11.8 Å². The zero-order valence-corrected chi connectivity index (χ0v) is 15.8. The van der Waals surface area contributed by atoms with Crippen LogP contribution in [0.4, 0.5) is 0 Å². The number of nitrogens with one attached hydrogen (secondary N) is 2. The molecule has 144 valence electrons. The summed E-state index contributed by atoms with van der Waals surface area (Å²) in [5, 5.41) is 10.5. The van der Waals surface area contributed by atoms with Gasteiger partial charge in [0, 0.05) is 25.5 Å². The number of aromatic nitrogens is 1. The molecule has 2 amide bonds. The number of amides is 2. The van der Waals surface area contributed by atoms with Crippen molar-refractivity contribution in [3.63, 3.8) is 0 Å². The molecule has 0 radical (unpaired) electrons. The van der Waals surface area contributed by atoms with E-state index in [1.165, 1.54) is 30.6 Å². The molecule has 0 spiro atoms. The van der Waals surface area contributed by atoms with Gasteiger partial charge in [-0.2, -0.15) is 0 Å². The number of primary sulfonamides is 1. The van der Waals surface area contributed by atoms with Gasteiger partial charge in [0.15, 0.2) is 0 Å². The molecule has 0 bridgehead atoms. The molecule has 0 saturated heterocycles. The molecule has 2 rings (SSSR count). The highest BCUT2D eigenvalue weighted by molar-refractivity contribution is 7.89. The summed E-state index contributed by atoms with van der Waals surface area (Å²) in [4.78, 5) is 28.2. The van der Waals surface area contributed by atoms with E-state index in [1.54, 1.807) is 12.1 Å². The van der Waals surface area contributed by atoms with Crippen LogP contribution in [0.1, 0.15) is 39.6 Å². The average Bonchev–Trinajstić information content (AvgIpc) is 2.65. The molecule has 8 nitrogen and oxygen atoms in total. The molecule has 0 fully saturated rings. The van der Waals surface area contributed by atoms with E-state index in [0.29, 0.717) is 30.6 Å². The Morgan fingerprint density at radius 2 is 1.56 bits per heavy atom. The normalized spacial score (nSPS) is 11.0. The SMILES string of the molecule is CCCNC(=O)c1cncc(C(=O)NCCc2ccc(S(N)(=O)=O)cc2)c1. The first-order valence-electron chi connectivity index (χ1n) is 8.44. The van der Waals surface area contributed by atoms with Crippen LogP contribution in [0.25, 0.3) is 0 Å². The van der Waals surface area contributed by atoms with Crippen LogP contribution in [-0.4, -0.2) is 38.3 Å². The molecule has 0 unspecified atom stereocenters. The van der Waals surface area contributed by atoms with Crippen molar-refractivity contribution in [1.29, 1.82) is 0 Å². The van der Waals surface area contributed by atoms with Crippen LogP contribution in [0.5, 0.6) is 0 Å². The van der Waals surface area contributed by atoms with Gasteiger partial charge >= 0.3 is 0 Å². The highest BCUT2D eigenvalue weighted by Crippen LogP contribution is 2.09. The maximum Gasteiger partial charge on any atom is 0.252 e. The number of pyridine rings is 1. The van der Waals surface area contributed by atoms with Crippen molar-refractivity contribution in [2.24, 2.45) is 5.14 Å². The molecule has 27 heavy (non-hydrogen) atoms. The lowest BCUT2D eigenvalue weighted by Crippen LogP contribution is -2.27. The van der Waals surface area contributed by atoms with E-state index in [2.05, 4.69) is 15.6 Å². The number of carbonyl (C=O) groups is 2. The third-order valence-electron chi connectivity index (χ3n) is 3.75. The predicted octanol–water partition coefficient (Wildman–Crippen LogP) is 0.841. The molecule has 4 N–H and O–H groups in total. The Labute approximate surface area is 158 Å². The Balaban J connectivity index is 1.91. The maximum atomic E-state index is 12.2. The van der Waals surface area contributed by atoms with Crippen molar-refractivity contribution >= 4 is 21.8 Å². The number of hydrogen-bond acceptors (Lipinski definition) is 5. The molecule has 0 saturated carbocycles. The van der Waals surface area contributed by atoms with Gasteiger partial charge in [0.05, 0.1) is 16.0 Å². The highest BCUT2D eigenvalue weighted by atomic mass is 32.2. The zero-order valence-electron chi connectivity index (χ0n) is 14.9. The molecular formula is C18H22N4O4S. The second-order valence-electron chi connectivity index (χ2n) is 5.91. The fourth-order valence-corrected chi connectivity index (χ4v) is 2.81. The third kappa shape index (κ3) is 6.15. The Morgan fingerprint density at radius 3 is 2.07 bits per heavy atom. The Bertz CT molecular complexity index is 911. The largest absolute Gasteiger partial charge is 0.352 e. The summed E-state index contributed by atoms with van der Waals surface area (Å²) < 4.78 is 22.4. The van der Waals surface area contributed by atoms with Gasteiger partial charge in [0.2, 0.25) is 10.0 Å². The van der Waals surface area contributed by atoms with Gasteiger partial charge in [-0.25, -0.2) is 13.6 Å². The molecular weight excluding hydrogens is 368 g/mol. The van der Waals surface area contributed by atoms with E-state index in [9.17, 15) is 18.0 Å². The molecule has 1 heterocycles. The summed E-state index contributed by atoms with van der Waals surface area (Å²) in [6.45, 7) is 2.85. The van der Waals surface area contributed by atoms with Crippen molar-refractivity contribution in [2.45, 2.75) is 24.7 Å². The molecule has 0 aliphatic heterocycles. The lowest BCUT2D eigenvalue weighted by molar-refractivity contribution is 0.0953. The van der Waals surface area contributed by atoms with Crippen LogP contribution in [0.2, 0.25) is 0 Å². The van der Waals surface area contributed by atoms with Gasteiger partial charge in [-0.15, -0.1) is 0 Å². The summed E-state index contributed by atoms with van der Waals surface area (Å²) >= 11 is 0. The van der Waals surface area contributed by atoms with E-state index in [-0.39, 0.29) is 16.7 Å². The summed E-state index contributed by atoms with van der Waals surface area (Å²) in [5.74, 6) is -0.609. The molecule has 0 aliphatic carbocycles. The quantitative estimate of drug-likeness (QED) is 0.615. The van der Waals surface area contributed by atoms with Crippen LogP contribution >= 0.6 is 0 Å². The van der Waals surface area contributed by atoms with Crippen LogP contribution in [0.15, 0.2) is 47.6 Å². The lowest BCUT2D eigenvalue weighted by Gasteiger charge is -2.08. The fourth-order valence-electron chi connectivity index (χ4n) is 2.30. The van der Waals surface area contributed by atoms with Crippen molar-refractivity contribution in [3.8, 4) is 0 Å². The van der Waals surface area contributed by atoms with Gasteiger partial charge in [-0.3, -0.25) is 14.6 Å². The summed E-state index contributed by atoms with van der Waals surface area (Å²) in [6.07, 6.45) is 4.14. The van der Waals surface area contributed by atoms with E-state index in [4.69, 9.17) is 5.14 Å². The van der Waals surface area contributed by atoms with Crippen LogP contribution in [-0.2, 0) is 16.4 Å². The molecule has 2 aromatic rings. The van der Waals surface area contributed by atoms with Gasteiger partial charge in [0.1, 0.15) is 0 Å². The zero-order chi connectivity index (χ0) is 19.9. The molecule has 1 aromatic heterocycles. The lowest BCUT2D eigenvalue weighted by atomic mass is 10.1. The number of nitrogens with zero attached hydrogens (tertiary/aromatic N) is 1. The average molecular weight is 390 g/mol. The topological polar surface area (TPSA) is 131 Å². The maximum absolute atomic E-state index is 12.2. The minimum atomic E-state index is -3.72. The van der Waals surface area contributed by atoms with Crippen molar-refractivity contribution < 1.29 is 18.0 Å². The van der Waals surface area contributed by atoms with Crippen molar-refractivity contribution in [2.75, 3.05) is 13.1 Å². The van der Waals surface area contributed by atoms with E-state index in [0.717, 1.165) is 12.0 Å². The monoisotopic (exact) mass is 390 g/mol. The number of carbonyl (C=O) groups excluding carboxylic acids is 2. The van der Waals surface area contributed by atoms with Gasteiger partial charge in [-0.1, -0.05) is 19.1 Å². The Morgan fingerprint density at radius 1 is 1.00 bits per heavy atom. The number of hydrogen-bond donors (Lipinski definition) is 3. The minimum absolute atomic E-state index is 0.0412. The first kappa shape index (κ1) is 20.5. The summed E-state index contributed by atoms with van der Waals surface area (Å²) in [6, 6.07) is 7.64. The van der Waals surface area contributed by atoms with Crippen molar-refractivity contribution in [1.82, 2.24) is 15.6 Å². The van der Waals surface area contributed by atoms with Crippen LogP contribution < -0.4 is 15.8 Å². The summed E-state index contributed by atoms with van der Waals surface area (Å²) in [7, 11) is -3.72. The third-order valence-corrected chi connectivity index (χ3v) is 4.68. The Hall–Kier alpha value is -2.78. The summed E-state index contributed by atoms with van der Waals surface area (Å²) in [5.41, 5.74) is 1.48. The molecule has 1 aromatic carbocycles. The van der Waals surface area contributed by atoms with Crippen molar-refractivity contribution in [3.05, 3.63) is 59.4 Å². The van der Waals surface area contributed by atoms with E-state index < -0.39 is 10.0 Å². The number of nitrogens with two attached hydrogens (primary N) is 1. The minimum Gasteiger partial charge on any atom is -0.352 e. The highest BCUT2D eigenvalue weighted by Gasteiger charge is 2.11. The number of sulfonamides is 1. The smallest absolute Gasteiger partial charge is 0.252 e. The number of benzene rings is 1. The fraction of sp³-hybridized carbons (Fsp3) is 0.278. The van der Waals surface area contributed by atoms with E-state index >= 15 is 0 Å². The van der Waals surface area contributed by atoms with Gasteiger partial charge in [-0.05, 0) is 36.6 Å². The predicted molar refractivity (Wildman–Crippen MR) is 101 cm³/mol. The standard InChI is InChI=1S/C18H22N4O4S/c1-2-8-21-17(23)14-10-15(12-20-11-14)18(24)22-9-7-13-3-5-16(6-4-13)27(19,25)26/h3-6,10-12H,2,7-9H2,1H3,(H,21,23)(H,22,24)(H2,19,25,26). The first-order valence-corrected chi connectivity index (χ1v) is 9.99. The van der Waals surface area contributed by atoms with Crippen LogP contribution in [0.3, 0.4) is 0 Å². The first-order chi connectivity index (χ1) is 12.8. The second kappa shape index (κ2) is 9.24. The Kier molecular flexibility index (Phi) is 7.03. The van der Waals surface area contributed by atoms with Gasteiger partial charge < -0.3 is 10.6 Å². The molecule has 9 heteroatoms. The van der Waals surface area contributed by atoms with Crippen LogP contribution in [0, 0.1) is 0 Å². The molecule has 0 aliphatic rings. The second-order valence-corrected chi connectivity index (χ2v) is 7.47.